The molecule has 0 aromatic heterocycles. The van der Waals surface area contributed by atoms with Crippen LogP contribution in [0.4, 0.5) is 0 Å². The highest BCUT2D eigenvalue weighted by Crippen LogP contribution is 2.18. The van der Waals surface area contributed by atoms with Crippen LogP contribution in [-0.4, -0.2) is 60.5 Å². The van der Waals surface area contributed by atoms with Gasteiger partial charge in [0.1, 0.15) is 0 Å². The fourth-order valence-electron chi connectivity index (χ4n) is 3.22. The van der Waals surface area contributed by atoms with Crippen LogP contribution in [0.15, 0.2) is 0 Å². The van der Waals surface area contributed by atoms with Gasteiger partial charge in [-0.05, 0) is 38.6 Å². The Balaban J connectivity index is 1.85. The number of nitrogens with zero attached hydrogens (tertiary/aromatic N) is 2. The Hall–Kier alpha value is -0.610. The average Bonchev–Trinajstić information content (AvgIpc) is 2.46. The number of hydrogen-bond donors (Lipinski definition) is 1. The van der Waals surface area contributed by atoms with Gasteiger partial charge in [0, 0.05) is 32.2 Å². The van der Waals surface area contributed by atoms with Crippen molar-refractivity contribution in [3.63, 3.8) is 0 Å². The molecule has 2 aliphatic rings. The van der Waals surface area contributed by atoms with Gasteiger partial charge in [0.25, 0.3) is 0 Å². The van der Waals surface area contributed by atoms with Crippen LogP contribution in [0.1, 0.15) is 40.0 Å². The Bertz CT molecular complexity index is 300. The van der Waals surface area contributed by atoms with Gasteiger partial charge >= 0.3 is 0 Å². The van der Waals surface area contributed by atoms with Crippen LogP contribution in [-0.2, 0) is 4.79 Å². The van der Waals surface area contributed by atoms with Crippen LogP contribution in [0.25, 0.3) is 0 Å². The molecule has 0 aromatic carbocycles. The molecule has 3 unspecified atom stereocenters. The van der Waals surface area contributed by atoms with Gasteiger partial charge in [-0.15, -0.1) is 0 Å². The number of hydrogen-bond acceptors (Lipinski definition) is 3. The Labute approximate surface area is 117 Å². The van der Waals surface area contributed by atoms with Crippen LogP contribution >= 0.6 is 0 Å². The third-order valence-corrected chi connectivity index (χ3v) is 4.88. The third kappa shape index (κ3) is 3.48. The molecule has 0 spiro atoms. The van der Waals surface area contributed by atoms with Gasteiger partial charge in [0.15, 0.2) is 0 Å². The van der Waals surface area contributed by atoms with E-state index in [1.54, 1.807) is 0 Å². The van der Waals surface area contributed by atoms with Crippen LogP contribution in [0.2, 0.25) is 0 Å². The zero-order valence-electron chi connectivity index (χ0n) is 12.7. The molecular formula is C15H29N3O. The number of carbonyl (C=O) groups excluding carboxylic acids is 1. The Kier molecular flexibility index (Phi) is 5.22. The minimum atomic E-state index is 0.0592. The van der Waals surface area contributed by atoms with Gasteiger partial charge in [0.05, 0.1) is 6.04 Å². The summed E-state index contributed by atoms with van der Waals surface area (Å²) in [5, 5.41) is 3.41. The van der Waals surface area contributed by atoms with Crippen molar-refractivity contribution in [2.45, 2.75) is 52.1 Å². The van der Waals surface area contributed by atoms with Crippen molar-refractivity contribution in [1.29, 1.82) is 0 Å². The minimum absolute atomic E-state index is 0.0592. The van der Waals surface area contributed by atoms with Crippen molar-refractivity contribution in [2.24, 2.45) is 5.92 Å². The fourth-order valence-corrected chi connectivity index (χ4v) is 3.22. The lowest BCUT2D eigenvalue weighted by molar-refractivity contribution is -0.137. The second-order valence-electron chi connectivity index (χ2n) is 6.17. The van der Waals surface area contributed by atoms with Gasteiger partial charge < -0.3 is 10.2 Å². The smallest absolute Gasteiger partial charge is 0.240 e. The van der Waals surface area contributed by atoms with Crippen LogP contribution in [0.5, 0.6) is 0 Å². The molecule has 0 saturated carbocycles. The highest BCUT2D eigenvalue weighted by atomic mass is 16.2. The zero-order valence-corrected chi connectivity index (χ0v) is 12.7. The summed E-state index contributed by atoms with van der Waals surface area (Å²) in [5.41, 5.74) is 0. The predicted octanol–water partition coefficient (Wildman–Crippen LogP) is 1.32. The molecule has 2 fully saturated rings. The second kappa shape index (κ2) is 6.71. The number of rotatable bonds is 3. The van der Waals surface area contributed by atoms with Gasteiger partial charge in [-0.2, -0.15) is 0 Å². The molecule has 19 heavy (non-hydrogen) atoms. The summed E-state index contributed by atoms with van der Waals surface area (Å²) in [7, 11) is 0. The summed E-state index contributed by atoms with van der Waals surface area (Å²) >= 11 is 0. The third-order valence-electron chi connectivity index (χ3n) is 4.88. The fraction of sp³-hybridized carbons (Fsp3) is 0.933. The SMILES string of the molecule is CCC(C)N1CCN(C(=O)C2NCCCC2C)CC1. The van der Waals surface area contributed by atoms with Gasteiger partial charge in [-0.1, -0.05) is 13.8 Å². The first-order chi connectivity index (χ1) is 9.13. The molecule has 2 aliphatic heterocycles. The van der Waals surface area contributed by atoms with E-state index in [1.807, 2.05) is 0 Å². The zero-order chi connectivity index (χ0) is 13.8. The van der Waals surface area contributed by atoms with Crippen LogP contribution in [0, 0.1) is 5.92 Å². The molecule has 4 nitrogen and oxygen atoms in total. The molecule has 0 bridgehead atoms. The quantitative estimate of drug-likeness (QED) is 0.837. The first-order valence-corrected chi connectivity index (χ1v) is 7.89. The molecular weight excluding hydrogens is 238 g/mol. The first kappa shape index (κ1) is 14.8. The molecule has 1 amide bonds. The van der Waals surface area contributed by atoms with E-state index >= 15 is 0 Å². The topological polar surface area (TPSA) is 35.6 Å². The molecule has 1 N–H and O–H groups in total. The van der Waals surface area contributed by atoms with Crippen LogP contribution in [0.3, 0.4) is 0 Å². The first-order valence-electron chi connectivity index (χ1n) is 7.89. The van der Waals surface area contributed by atoms with E-state index in [-0.39, 0.29) is 6.04 Å². The number of nitrogens with one attached hydrogen (secondary N) is 1. The molecule has 0 aromatic rings. The van der Waals surface area contributed by atoms with E-state index < -0.39 is 0 Å². The van der Waals surface area contributed by atoms with Gasteiger partial charge in [-0.3, -0.25) is 9.69 Å². The van der Waals surface area contributed by atoms with Gasteiger partial charge in [-0.25, -0.2) is 0 Å². The maximum absolute atomic E-state index is 12.6. The molecule has 2 saturated heterocycles. The second-order valence-corrected chi connectivity index (χ2v) is 6.17. The van der Waals surface area contributed by atoms with Crippen molar-refractivity contribution >= 4 is 5.91 Å². The summed E-state index contributed by atoms with van der Waals surface area (Å²) in [6.07, 6.45) is 3.57. The predicted molar refractivity (Wildman–Crippen MR) is 78.1 cm³/mol. The number of piperidine rings is 1. The van der Waals surface area contributed by atoms with Crippen molar-refractivity contribution in [3.05, 3.63) is 0 Å². The van der Waals surface area contributed by atoms with Crippen molar-refractivity contribution in [1.82, 2.24) is 15.1 Å². The van der Waals surface area contributed by atoms with E-state index in [4.69, 9.17) is 0 Å². The summed E-state index contributed by atoms with van der Waals surface area (Å²) in [6.45, 7) is 11.6. The van der Waals surface area contributed by atoms with E-state index in [9.17, 15) is 4.79 Å². The largest absolute Gasteiger partial charge is 0.339 e. The summed E-state index contributed by atoms with van der Waals surface area (Å²) in [4.78, 5) is 17.1. The highest BCUT2D eigenvalue weighted by molar-refractivity contribution is 5.82. The molecule has 4 heteroatoms. The van der Waals surface area contributed by atoms with Crippen LogP contribution < -0.4 is 5.32 Å². The monoisotopic (exact) mass is 267 g/mol. The van der Waals surface area contributed by atoms with Gasteiger partial charge in [0.2, 0.25) is 5.91 Å². The Morgan fingerprint density at radius 2 is 2.00 bits per heavy atom. The van der Waals surface area contributed by atoms with E-state index in [0.29, 0.717) is 17.9 Å². The summed E-state index contributed by atoms with van der Waals surface area (Å²) in [6, 6.07) is 0.702. The number of amides is 1. The van der Waals surface area contributed by atoms with E-state index in [1.165, 1.54) is 19.3 Å². The van der Waals surface area contributed by atoms with E-state index in [0.717, 1.165) is 32.7 Å². The number of piperazine rings is 1. The maximum atomic E-state index is 12.6. The Morgan fingerprint density at radius 3 is 2.58 bits per heavy atom. The highest BCUT2D eigenvalue weighted by Gasteiger charge is 2.32. The Morgan fingerprint density at radius 1 is 1.32 bits per heavy atom. The van der Waals surface area contributed by atoms with Crippen molar-refractivity contribution in [3.8, 4) is 0 Å². The molecule has 3 atom stereocenters. The lowest BCUT2D eigenvalue weighted by Gasteiger charge is -2.40. The normalized spacial score (nSPS) is 31.2. The molecule has 0 radical (unpaired) electrons. The summed E-state index contributed by atoms with van der Waals surface area (Å²) in [5.74, 6) is 0.810. The molecule has 2 heterocycles. The van der Waals surface area contributed by atoms with E-state index in [2.05, 4.69) is 35.9 Å². The van der Waals surface area contributed by atoms with Crippen molar-refractivity contribution < 1.29 is 4.79 Å². The minimum Gasteiger partial charge on any atom is -0.339 e. The standard InChI is InChI=1S/C15H29N3O/c1-4-13(3)17-8-10-18(11-9-17)15(19)14-12(2)6-5-7-16-14/h12-14,16H,4-11H2,1-3H3. The molecule has 0 aliphatic carbocycles. The average molecular weight is 267 g/mol. The maximum Gasteiger partial charge on any atom is 0.240 e. The summed E-state index contributed by atoms with van der Waals surface area (Å²) < 4.78 is 0. The number of carbonyl (C=O) groups is 1. The van der Waals surface area contributed by atoms with Crippen molar-refractivity contribution in [2.75, 3.05) is 32.7 Å². The lowest BCUT2D eigenvalue weighted by atomic mass is 9.91. The lowest BCUT2D eigenvalue weighted by Crippen LogP contribution is -2.57. The molecule has 2 rings (SSSR count). The molecule has 110 valence electrons.